The van der Waals surface area contributed by atoms with Crippen LogP contribution in [0, 0.1) is 6.92 Å². The summed E-state index contributed by atoms with van der Waals surface area (Å²) in [6.07, 6.45) is 1.62. The summed E-state index contributed by atoms with van der Waals surface area (Å²) >= 11 is 5.91. The number of fused-ring (bicyclic) bond motifs is 1. The van der Waals surface area contributed by atoms with Crippen LogP contribution in [-0.2, 0) is 0 Å². The number of pyridine rings is 1. The van der Waals surface area contributed by atoms with E-state index in [0.717, 1.165) is 13.1 Å². The van der Waals surface area contributed by atoms with E-state index in [1.165, 1.54) is 11.3 Å². The van der Waals surface area contributed by atoms with E-state index in [4.69, 9.17) is 16.0 Å². The topological polar surface area (TPSA) is 49.6 Å². The van der Waals surface area contributed by atoms with Gasteiger partial charge in [-0.2, -0.15) is 0 Å². The third-order valence-corrected chi connectivity index (χ3v) is 4.73. The summed E-state index contributed by atoms with van der Waals surface area (Å²) in [4.78, 5) is 21.3. The number of rotatable bonds is 2. The van der Waals surface area contributed by atoms with Gasteiger partial charge in [-0.15, -0.1) is 0 Å². The van der Waals surface area contributed by atoms with Crippen molar-refractivity contribution in [2.24, 2.45) is 0 Å². The number of piperazine rings is 1. The minimum Gasteiger partial charge on any atom is -0.442 e. The molecule has 128 valence electrons. The highest BCUT2D eigenvalue weighted by Gasteiger charge is 2.25. The number of nitrogens with zero attached hydrogens (tertiary/aromatic N) is 3. The molecule has 0 unspecified atom stereocenters. The van der Waals surface area contributed by atoms with Crippen molar-refractivity contribution in [2.45, 2.75) is 6.92 Å². The number of carbonyl (C=O) groups is 1. The van der Waals surface area contributed by atoms with Crippen LogP contribution in [0.25, 0.3) is 11.1 Å². The Hall–Kier alpha value is -2.53. The van der Waals surface area contributed by atoms with Crippen LogP contribution in [0.5, 0.6) is 0 Å². The number of hydrogen-bond acceptors (Lipinski definition) is 4. The second-order valence-corrected chi connectivity index (χ2v) is 6.61. The van der Waals surface area contributed by atoms with Crippen LogP contribution >= 0.6 is 11.6 Å². The number of amides is 1. The zero-order valence-electron chi connectivity index (χ0n) is 13.9. The number of hydrogen-bond donors (Lipinski definition) is 0. The van der Waals surface area contributed by atoms with E-state index in [-0.39, 0.29) is 11.1 Å². The number of aromatic nitrogens is 1. The van der Waals surface area contributed by atoms with Gasteiger partial charge in [-0.25, -0.2) is 0 Å². The van der Waals surface area contributed by atoms with Gasteiger partial charge in [0.2, 0.25) is 0 Å². The van der Waals surface area contributed by atoms with E-state index >= 15 is 0 Å². The summed E-state index contributed by atoms with van der Waals surface area (Å²) in [5, 5.41) is 0.243. The van der Waals surface area contributed by atoms with Crippen molar-refractivity contribution in [2.75, 3.05) is 31.1 Å². The fourth-order valence-electron chi connectivity index (χ4n) is 3.24. The van der Waals surface area contributed by atoms with Crippen molar-refractivity contribution in [3.8, 4) is 0 Å². The molecule has 0 radical (unpaired) electrons. The lowest BCUT2D eigenvalue weighted by Gasteiger charge is -2.36. The van der Waals surface area contributed by atoms with Gasteiger partial charge < -0.3 is 14.2 Å². The average Bonchev–Trinajstić information content (AvgIpc) is 3.01. The summed E-state index contributed by atoms with van der Waals surface area (Å²) in [6, 6.07) is 11.8. The summed E-state index contributed by atoms with van der Waals surface area (Å²) in [5.41, 5.74) is 4.02. The quantitative estimate of drug-likeness (QED) is 0.702. The molecule has 0 atom stereocenters. The van der Waals surface area contributed by atoms with E-state index in [1.54, 1.807) is 18.3 Å². The Bertz CT molecular complexity index is 929. The molecule has 1 saturated heterocycles. The molecule has 1 aromatic carbocycles. The Kier molecular flexibility index (Phi) is 4.09. The van der Waals surface area contributed by atoms with Gasteiger partial charge in [0, 0.05) is 44.1 Å². The maximum atomic E-state index is 12.9. The highest BCUT2D eigenvalue weighted by atomic mass is 35.5. The molecule has 3 aromatic rings. The molecule has 0 spiro atoms. The molecule has 2 aromatic heterocycles. The molecule has 0 N–H and O–H groups in total. The molecular weight excluding hydrogens is 338 g/mol. The van der Waals surface area contributed by atoms with Gasteiger partial charge in [-0.1, -0.05) is 12.1 Å². The summed E-state index contributed by atoms with van der Waals surface area (Å²) in [7, 11) is 0. The number of furan rings is 1. The molecule has 4 rings (SSSR count). The fraction of sp³-hybridized carbons (Fsp3) is 0.263. The molecule has 3 heterocycles. The Labute approximate surface area is 150 Å². The number of carbonyl (C=O) groups excluding carboxylic acids is 1. The molecule has 1 aliphatic rings. The van der Waals surface area contributed by atoms with E-state index < -0.39 is 0 Å². The van der Waals surface area contributed by atoms with Crippen molar-refractivity contribution in [3.63, 3.8) is 0 Å². The van der Waals surface area contributed by atoms with Crippen LogP contribution in [0.15, 0.2) is 47.0 Å². The lowest BCUT2D eigenvalue weighted by Crippen LogP contribution is -2.48. The summed E-state index contributed by atoms with van der Waals surface area (Å²) in [6.45, 7) is 5.05. The Morgan fingerprint density at radius 1 is 1.16 bits per heavy atom. The monoisotopic (exact) mass is 355 g/mol. The van der Waals surface area contributed by atoms with Gasteiger partial charge in [0.1, 0.15) is 5.52 Å². The van der Waals surface area contributed by atoms with Crippen molar-refractivity contribution in [1.29, 1.82) is 0 Å². The molecule has 5 nitrogen and oxygen atoms in total. The van der Waals surface area contributed by atoms with Crippen molar-refractivity contribution < 1.29 is 9.21 Å². The zero-order valence-corrected chi connectivity index (χ0v) is 14.7. The van der Waals surface area contributed by atoms with Crippen LogP contribution in [0.3, 0.4) is 0 Å². The van der Waals surface area contributed by atoms with E-state index in [2.05, 4.69) is 41.1 Å². The predicted molar refractivity (Wildman–Crippen MR) is 98.3 cm³/mol. The molecule has 25 heavy (non-hydrogen) atoms. The Morgan fingerprint density at radius 2 is 1.96 bits per heavy atom. The molecule has 1 aliphatic heterocycles. The lowest BCUT2D eigenvalue weighted by atomic mass is 10.1. The Balaban J connectivity index is 1.51. The SMILES string of the molecule is Cc1cccc(N2CCN(C(=O)c3ccnc4cc(Cl)oc34)CC2)c1. The molecule has 0 bridgehead atoms. The van der Waals surface area contributed by atoms with E-state index in [0.29, 0.717) is 29.8 Å². The highest BCUT2D eigenvalue weighted by Crippen LogP contribution is 2.26. The maximum Gasteiger partial charge on any atom is 0.257 e. The van der Waals surface area contributed by atoms with Crippen molar-refractivity contribution >= 4 is 34.3 Å². The van der Waals surface area contributed by atoms with Gasteiger partial charge in [0.15, 0.2) is 10.8 Å². The van der Waals surface area contributed by atoms with Crippen LogP contribution in [0.4, 0.5) is 5.69 Å². The van der Waals surface area contributed by atoms with Gasteiger partial charge in [0.25, 0.3) is 5.91 Å². The van der Waals surface area contributed by atoms with E-state index in [9.17, 15) is 4.79 Å². The molecule has 1 fully saturated rings. The van der Waals surface area contributed by atoms with Gasteiger partial charge in [-0.05, 0) is 42.3 Å². The molecule has 6 heteroatoms. The predicted octanol–water partition coefficient (Wildman–Crippen LogP) is 3.75. The second-order valence-electron chi connectivity index (χ2n) is 6.24. The molecule has 1 amide bonds. The largest absolute Gasteiger partial charge is 0.442 e. The number of anilines is 1. The smallest absolute Gasteiger partial charge is 0.257 e. The van der Waals surface area contributed by atoms with Crippen molar-refractivity contribution in [3.05, 3.63) is 58.9 Å². The minimum atomic E-state index is -0.0395. The zero-order chi connectivity index (χ0) is 17.4. The fourth-order valence-corrected chi connectivity index (χ4v) is 3.42. The lowest BCUT2D eigenvalue weighted by molar-refractivity contribution is 0.0747. The van der Waals surface area contributed by atoms with E-state index in [1.807, 2.05) is 4.90 Å². The third-order valence-electron chi connectivity index (χ3n) is 4.55. The number of benzene rings is 1. The van der Waals surface area contributed by atoms with Gasteiger partial charge in [0.05, 0.1) is 5.56 Å². The summed E-state index contributed by atoms with van der Waals surface area (Å²) in [5.74, 6) is -0.0395. The molecule has 0 aliphatic carbocycles. The van der Waals surface area contributed by atoms with Crippen LogP contribution in [0.1, 0.15) is 15.9 Å². The minimum absolute atomic E-state index is 0.0395. The molecular formula is C19H18ClN3O2. The van der Waals surface area contributed by atoms with Crippen LogP contribution in [0.2, 0.25) is 5.22 Å². The first-order valence-electron chi connectivity index (χ1n) is 8.27. The van der Waals surface area contributed by atoms with Crippen LogP contribution in [-0.4, -0.2) is 42.0 Å². The van der Waals surface area contributed by atoms with Crippen LogP contribution < -0.4 is 4.90 Å². The third kappa shape index (κ3) is 3.07. The second kappa shape index (κ2) is 6.41. The van der Waals surface area contributed by atoms with Gasteiger partial charge >= 0.3 is 0 Å². The normalized spacial score (nSPS) is 15.0. The Morgan fingerprint density at radius 3 is 2.72 bits per heavy atom. The average molecular weight is 356 g/mol. The standard InChI is InChI=1S/C19H18ClN3O2/c1-13-3-2-4-14(11-13)22-7-9-23(10-8-22)19(24)15-5-6-21-16-12-17(20)25-18(15)16/h2-6,11-12H,7-10H2,1H3. The van der Waals surface area contributed by atoms with Crippen molar-refractivity contribution in [1.82, 2.24) is 9.88 Å². The first kappa shape index (κ1) is 16.0. The summed E-state index contributed by atoms with van der Waals surface area (Å²) < 4.78 is 5.46. The maximum absolute atomic E-state index is 12.9. The molecule has 0 saturated carbocycles. The highest BCUT2D eigenvalue weighted by molar-refractivity contribution is 6.29. The number of aryl methyl sites for hydroxylation is 1. The first-order valence-corrected chi connectivity index (χ1v) is 8.64. The first-order chi connectivity index (χ1) is 12.1. The number of halogens is 1. The van der Waals surface area contributed by atoms with Gasteiger partial charge in [-0.3, -0.25) is 9.78 Å².